The average Bonchev–Trinajstić information content (AvgIpc) is 3.00. The number of hydrogen-bond acceptors (Lipinski definition) is 5. The van der Waals surface area contributed by atoms with Crippen molar-refractivity contribution in [3.63, 3.8) is 0 Å². The molecule has 1 aromatic heterocycles. The van der Waals surface area contributed by atoms with Crippen molar-refractivity contribution < 1.29 is 14.3 Å². The highest BCUT2D eigenvalue weighted by Gasteiger charge is 2.12. The van der Waals surface area contributed by atoms with E-state index in [2.05, 4.69) is 17.2 Å². The second-order valence-corrected chi connectivity index (χ2v) is 6.64. The van der Waals surface area contributed by atoms with E-state index in [4.69, 9.17) is 9.47 Å². The third-order valence-corrected chi connectivity index (χ3v) is 4.27. The number of aromatic nitrogens is 1. The molecule has 0 aliphatic carbocycles. The van der Waals surface area contributed by atoms with Crippen molar-refractivity contribution in [1.82, 2.24) is 10.3 Å². The van der Waals surface area contributed by atoms with E-state index >= 15 is 0 Å². The molecule has 130 valence electrons. The summed E-state index contributed by atoms with van der Waals surface area (Å²) in [6, 6.07) is 5.29. The zero-order chi connectivity index (χ0) is 17.4. The van der Waals surface area contributed by atoms with Gasteiger partial charge in [0, 0.05) is 16.6 Å². The molecule has 0 aliphatic heterocycles. The lowest BCUT2D eigenvalue weighted by molar-refractivity contribution is 0.0950. The van der Waals surface area contributed by atoms with Crippen LogP contribution in [0.5, 0.6) is 11.5 Å². The number of rotatable bonds is 9. The Bertz CT molecular complexity index is 670. The Hall–Kier alpha value is -2.08. The smallest absolute Gasteiger partial charge is 0.251 e. The molecule has 0 bridgehead atoms. The number of benzene rings is 1. The number of ether oxygens (including phenoxy) is 2. The van der Waals surface area contributed by atoms with E-state index in [1.54, 1.807) is 35.7 Å². The summed E-state index contributed by atoms with van der Waals surface area (Å²) in [4.78, 5) is 17.5. The molecule has 1 aromatic carbocycles. The predicted octanol–water partition coefficient (Wildman–Crippen LogP) is 3.96. The van der Waals surface area contributed by atoms with Crippen LogP contribution >= 0.6 is 11.3 Å². The van der Waals surface area contributed by atoms with Gasteiger partial charge in [-0.15, -0.1) is 11.3 Å². The van der Waals surface area contributed by atoms with E-state index in [1.807, 2.05) is 13.8 Å². The van der Waals surface area contributed by atoms with Gasteiger partial charge in [-0.05, 0) is 38.5 Å². The average molecular weight is 348 g/mol. The maximum Gasteiger partial charge on any atom is 0.251 e. The quantitative estimate of drug-likeness (QED) is 0.697. The highest BCUT2D eigenvalue weighted by atomic mass is 32.1. The van der Waals surface area contributed by atoms with Gasteiger partial charge in [-0.3, -0.25) is 4.79 Å². The van der Waals surface area contributed by atoms with Gasteiger partial charge < -0.3 is 14.8 Å². The summed E-state index contributed by atoms with van der Waals surface area (Å²) in [7, 11) is 0. The van der Waals surface area contributed by atoms with Crippen LogP contribution in [-0.4, -0.2) is 24.1 Å². The second-order valence-electron chi connectivity index (χ2n) is 5.32. The lowest BCUT2D eigenvalue weighted by Gasteiger charge is -2.13. The minimum atomic E-state index is -0.137. The normalized spacial score (nSPS) is 10.5. The molecule has 0 saturated carbocycles. The van der Waals surface area contributed by atoms with Crippen LogP contribution in [0.2, 0.25) is 0 Å². The fourth-order valence-electron chi connectivity index (χ4n) is 2.12. The summed E-state index contributed by atoms with van der Waals surface area (Å²) in [6.07, 6.45) is 3.85. The summed E-state index contributed by atoms with van der Waals surface area (Å²) in [5, 5.41) is 3.90. The van der Waals surface area contributed by atoms with Gasteiger partial charge in [0.1, 0.15) is 0 Å². The molecule has 2 rings (SSSR count). The number of hydrogen-bond donors (Lipinski definition) is 1. The molecule has 6 heteroatoms. The van der Waals surface area contributed by atoms with E-state index in [0.29, 0.717) is 36.8 Å². The first kappa shape index (κ1) is 18.3. The van der Waals surface area contributed by atoms with Gasteiger partial charge in [0.05, 0.1) is 24.8 Å². The van der Waals surface area contributed by atoms with E-state index < -0.39 is 0 Å². The first-order valence-electron chi connectivity index (χ1n) is 8.23. The second kappa shape index (κ2) is 9.27. The molecule has 0 spiro atoms. The first-order valence-corrected chi connectivity index (χ1v) is 9.04. The van der Waals surface area contributed by atoms with Crippen molar-refractivity contribution in [3.8, 4) is 11.5 Å². The van der Waals surface area contributed by atoms with Crippen LogP contribution < -0.4 is 14.8 Å². The van der Waals surface area contributed by atoms with Gasteiger partial charge in [0.15, 0.2) is 11.5 Å². The van der Waals surface area contributed by atoms with Gasteiger partial charge in [-0.1, -0.05) is 13.3 Å². The maximum absolute atomic E-state index is 12.3. The van der Waals surface area contributed by atoms with Gasteiger partial charge >= 0.3 is 0 Å². The zero-order valence-corrected chi connectivity index (χ0v) is 15.2. The monoisotopic (exact) mass is 348 g/mol. The number of thiazole rings is 1. The van der Waals surface area contributed by atoms with E-state index in [9.17, 15) is 4.79 Å². The molecule has 2 aromatic rings. The summed E-state index contributed by atoms with van der Waals surface area (Å²) in [5.74, 6) is 1.15. The van der Waals surface area contributed by atoms with Crippen LogP contribution in [0.15, 0.2) is 24.4 Å². The molecule has 1 amide bonds. The molecule has 0 radical (unpaired) electrons. The summed E-state index contributed by atoms with van der Waals surface area (Å²) < 4.78 is 11.3. The van der Waals surface area contributed by atoms with Crippen molar-refractivity contribution in [2.45, 2.75) is 40.2 Å². The van der Waals surface area contributed by atoms with Crippen molar-refractivity contribution in [1.29, 1.82) is 0 Å². The van der Waals surface area contributed by atoms with Crippen LogP contribution in [0.3, 0.4) is 0 Å². The lowest BCUT2D eigenvalue weighted by atomic mass is 10.2. The molecule has 1 N–H and O–H groups in total. The molecular formula is C18H24N2O3S. The molecule has 0 aliphatic rings. The standard InChI is InChI=1S/C18H24N2O3S/c1-4-6-9-23-16-8-7-14(10-17(16)22-5-2)18(21)20-12-15-11-19-13(3)24-15/h7-8,10-11H,4-6,9,12H2,1-3H3,(H,20,21). The highest BCUT2D eigenvalue weighted by Crippen LogP contribution is 2.28. The third-order valence-electron chi connectivity index (χ3n) is 3.35. The van der Waals surface area contributed by atoms with E-state index in [-0.39, 0.29) is 5.91 Å². The molecule has 1 heterocycles. The minimum Gasteiger partial charge on any atom is -0.490 e. The van der Waals surface area contributed by atoms with Crippen molar-refractivity contribution in [2.24, 2.45) is 0 Å². The predicted molar refractivity (Wildman–Crippen MR) is 96.0 cm³/mol. The van der Waals surface area contributed by atoms with Crippen LogP contribution in [0.1, 0.15) is 46.9 Å². The Kier molecular flexibility index (Phi) is 7.06. The summed E-state index contributed by atoms with van der Waals surface area (Å²) in [6.45, 7) is 7.62. The Balaban J connectivity index is 2.02. The lowest BCUT2D eigenvalue weighted by Crippen LogP contribution is -2.22. The molecule has 0 atom stereocenters. The maximum atomic E-state index is 12.3. The van der Waals surface area contributed by atoms with Crippen LogP contribution in [-0.2, 0) is 6.54 Å². The fourth-order valence-corrected chi connectivity index (χ4v) is 2.85. The van der Waals surface area contributed by atoms with Gasteiger partial charge in [-0.2, -0.15) is 0 Å². The molecule has 0 unspecified atom stereocenters. The zero-order valence-electron chi connectivity index (χ0n) is 14.4. The number of nitrogens with zero attached hydrogens (tertiary/aromatic N) is 1. The molecule has 24 heavy (non-hydrogen) atoms. The van der Waals surface area contributed by atoms with Gasteiger partial charge in [-0.25, -0.2) is 4.98 Å². The van der Waals surface area contributed by atoms with Crippen molar-refractivity contribution in [2.75, 3.05) is 13.2 Å². The van der Waals surface area contributed by atoms with Crippen molar-refractivity contribution >= 4 is 17.2 Å². The summed E-state index contributed by atoms with van der Waals surface area (Å²) >= 11 is 1.58. The Morgan fingerprint density at radius 1 is 1.25 bits per heavy atom. The number of carbonyl (C=O) groups is 1. The number of amides is 1. The van der Waals surface area contributed by atoms with E-state index in [0.717, 1.165) is 22.7 Å². The topological polar surface area (TPSA) is 60.5 Å². The number of nitrogens with one attached hydrogen (secondary N) is 1. The van der Waals surface area contributed by atoms with Gasteiger partial charge in [0.2, 0.25) is 0 Å². The van der Waals surface area contributed by atoms with E-state index in [1.165, 1.54) is 0 Å². The molecule has 0 saturated heterocycles. The number of unbranched alkanes of at least 4 members (excludes halogenated alkanes) is 1. The molecule has 0 fully saturated rings. The third kappa shape index (κ3) is 5.23. The summed E-state index contributed by atoms with van der Waals surface area (Å²) in [5.41, 5.74) is 0.558. The first-order chi connectivity index (χ1) is 11.6. The largest absolute Gasteiger partial charge is 0.490 e. The molecular weight excluding hydrogens is 324 g/mol. The van der Waals surface area contributed by atoms with Crippen molar-refractivity contribution in [3.05, 3.63) is 39.8 Å². The van der Waals surface area contributed by atoms with Crippen LogP contribution in [0, 0.1) is 6.92 Å². The number of carbonyl (C=O) groups excluding carboxylic acids is 1. The van der Waals surface area contributed by atoms with Gasteiger partial charge in [0.25, 0.3) is 5.91 Å². The Labute approximate surface area is 147 Å². The Morgan fingerprint density at radius 3 is 2.75 bits per heavy atom. The minimum absolute atomic E-state index is 0.137. The fraction of sp³-hybridized carbons (Fsp3) is 0.444. The number of aryl methyl sites for hydroxylation is 1. The molecule has 5 nitrogen and oxygen atoms in total. The Morgan fingerprint density at radius 2 is 2.08 bits per heavy atom. The van der Waals surface area contributed by atoms with Crippen LogP contribution in [0.25, 0.3) is 0 Å². The van der Waals surface area contributed by atoms with Crippen LogP contribution in [0.4, 0.5) is 0 Å². The highest BCUT2D eigenvalue weighted by molar-refractivity contribution is 7.11. The SMILES string of the molecule is CCCCOc1ccc(C(=O)NCc2cnc(C)s2)cc1OCC.